The molecule has 4 aromatic rings. The molecule has 29 heavy (non-hydrogen) atoms. The number of amides is 2. The fourth-order valence-corrected chi connectivity index (χ4v) is 3.63. The predicted octanol–water partition coefficient (Wildman–Crippen LogP) is 3.64. The third kappa shape index (κ3) is 4.12. The first-order valence-corrected chi connectivity index (χ1v) is 9.80. The summed E-state index contributed by atoms with van der Waals surface area (Å²) in [4.78, 5) is 25.9. The summed E-state index contributed by atoms with van der Waals surface area (Å²) in [6.45, 7) is 2.21. The second-order valence-corrected chi connectivity index (χ2v) is 7.30. The molecule has 3 heterocycles. The first kappa shape index (κ1) is 18.7. The minimum absolute atomic E-state index is 0.364. The summed E-state index contributed by atoms with van der Waals surface area (Å²) in [5.41, 5.74) is 7.28. The summed E-state index contributed by atoms with van der Waals surface area (Å²) in [6.07, 6.45) is 3.11. The van der Waals surface area contributed by atoms with Crippen molar-refractivity contribution < 1.29 is 14.0 Å². The Hall–Kier alpha value is -3.65. The Morgan fingerprint density at radius 2 is 1.79 bits per heavy atom. The number of rotatable bonds is 5. The zero-order chi connectivity index (χ0) is 20.2. The SMILES string of the molecule is Cc1occc1C(=O)NNC(=O)c1cn(Cc2ccccc2)nc1-c1cccs1. The van der Waals surface area contributed by atoms with Crippen LogP contribution in [0.3, 0.4) is 0 Å². The van der Waals surface area contributed by atoms with E-state index < -0.39 is 11.8 Å². The van der Waals surface area contributed by atoms with Crippen LogP contribution < -0.4 is 10.9 Å². The highest BCUT2D eigenvalue weighted by molar-refractivity contribution is 7.13. The van der Waals surface area contributed by atoms with Crippen LogP contribution in [0.5, 0.6) is 0 Å². The van der Waals surface area contributed by atoms with E-state index in [1.165, 1.54) is 17.6 Å². The van der Waals surface area contributed by atoms with Crippen molar-refractivity contribution in [1.29, 1.82) is 0 Å². The highest BCUT2D eigenvalue weighted by Crippen LogP contribution is 2.27. The number of hydrogen-bond donors (Lipinski definition) is 2. The van der Waals surface area contributed by atoms with Crippen molar-refractivity contribution in [2.24, 2.45) is 0 Å². The molecule has 3 aromatic heterocycles. The van der Waals surface area contributed by atoms with E-state index in [2.05, 4.69) is 16.0 Å². The molecule has 0 spiro atoms. The number of furan rings is 1. The lowest BCUT2D eigenvalue weighted by molar-refractivity contribution is 0.0846. The molecule has 0 unspecified atom stereocenters. The number of carbonyl (C=O) groups is 2. The van der Waals surface area contributed by atoms with E-state index in [-0.39, 0.29) is 0 Å². The number of hydrogen-bond acceptors (Lipinski definition) is 5. The van der Waals surface area contributed by atoms with Gasteiger partial charge in [0.15, 0.2) is 0 Å². The molecule has 1 aromatic carbocycles. The van der Waals surface area contributed by atoms with E-state index in [0.717, 1.165) is 10.4 Å². The molecule has 0 atom stereocenters. The van der Waals surface area contributed by atoms with Crippen molar-refractivity contribution >= 4 is 23.2 Å². The van der Waals surface area contributed by atoms with E-state index in [1.807, 2.05) is 47.8 Å². The van der Waals surface area contributed by atoms with Gasteiger partial charge in [-0.25, -0.2) is 0 Å². The van der Waals surface area contributed by atoms with Crippen molar-refractivity contribution in [3.05, 3.63) is 88.8 Å². The monoisotopic (exact) mass is 406 g/mol. The third-order valence-electron chi connectivity index (χ3n) is 4.34. The van der Waals surface area contributed by atoms with Gasteiger partial charge in [-0.1, -0.05) is 36.4 Å². The van der Waals surface area contributed by atoms with Gasteiger partial charge in [0.05, 0.1) is 28.8 Å². The number of benzene rings is 1. The van der Waals surface area contributed by atoms with Crippen LogP contribution in [0.1, 0.15) is 32.0 Å². The number of hydrazine groups is 1. The van der Waals surface area contributed by atoms with Crippen molar-refractivity contribution in [3.8, 4) is 10.6 Å². The Balaban J connectivity index is 1.55. The van der Waals surface area contributed by atoms with Gasteiger partial charge in [0.1, 0.15) is 11.5 Å². The zero-order valence-electron chi connectivity index (χ0n) is 15.6. The van der Waals surface area contributed by atoms with Crippen LogP contribution in [-0.4, -0.2) is 21.6 Å². The fraction of sp³-hybridized carbons (Fsp3) is 0.0952. The number of aromatic nitrogens is 2. The molecule has 4 rings (SSSR count). The molecule has 0 fully saturated rings. The summed E-state index contributed by atoms with van der Waals surface area (Å²) >= 11 is 1.50. The molecule has 146 valence electrons. The van der Waals surface area contributed by atoms with Crippen LogP contribution in [0.15, 0.2) is 70.8 Å². The van der Waals surface area contributed by atoms with Crippen LogP contribution in [-0.2, 0) is 6.54 Å². The van der Waals surface area contributed by atoms with E-state index in [4.69, 9.17) is 4.42 Å². The fourth-order valence-electron chi connectivity index (χ4n) is 2.90. The number of nitrogens with one attached hydrogen (secondary N) is 2. The largest absolute Gasteiger partial charge is 0.469 e. The second-order valence-electron chi connectivity index (χ2n) is 6.35. The summed E-state index contributed by atoms with van der Waals surface area (Å²) in [5.74, 6) is -0.409. The zero-order valence-corrected chi connectivity index (χ0v) is 16.4. The lowest BCUT2D eigenvalue weighted by Crippen LogP contribution is -2.41. The summed E-state index contributed by atoms with van der Waals surface area (Å²) in [5, 5.41) is 6.53. The average molecular weight is 406 g/mol. The quantitative estimate of drug-likeness (QED) is 0.495. The Kier molecular flexibility index (Phi) is 5.26. The molecule has 0 radical (unpaired) electrons. The van der Waals surface area contributed by atoms with Gasteiger partial charge in [-0.05, 0) is 30.0 Å². The molecule has 0 saturated carbocycles. The number of nitrogens with zero attached hydrogens (tertiary/aromatic N) is 2. The molecule has 0 aliphatic heterocycles. The van der Waals surface area contributed by atoms with Gasteiger partial charge in [-0.2, -0.15) is 5.10 Å². The van der Waals surface area contributed by atoms with Crippen molar-refractivity contribution in [2.45, 2.75) is 13.5 Å². The molecule has 7 nitrogen and oxygen atoms in total. The average Bonchev–Trinajstić information content (AvgIpc) is 3.47. The van der Waals surface area contributed by atoms with E-state index >= 15 is 0 Å². The maximum atomic E-state index is 12.8. The lowest BCUT2D eigenvalue weighted by Gasteiger charge is -2.06. The summed E-state index contributed by atoms with van der Waals surface area (Å²) < 4.78 is 6.84. The van der Waals surface area contributed by atoms with Gasteiger partial charge < -0.3 is 4.42 Å². The molecule has 2 amide bonds. The van der Waals surface area contributed by atoms with Crippen LogP contribution in [0, 0.1) is 6.92 Å². The van der Waals surface area contributed by atoms with Crippen molar-refractivity contribution in [2.75, 3.05) is 0 Å². The Labute approximate surface area is 170 Å². The van der Waals surface area contributed by atoms with E-state index in [9.17, 15) is 9.59 Å². The molecule has 0 bridgehead atoms. The van der Waals surface area contributed by atoms with Gasteiger partial charge in [0.25, 0.3) is 11.8 Å². The third-order valence-corrected chi connectivity index (χ3v) is 5.22. The van der Waals surface area contributed by atoms with Gasteiger partial charge in [0.2, 0.25) is 0 Å². The maximum absolute atomic E-state index is 12.8. The minimum Gasteiger partial charge on any atom is -0.469 e. The molecule has 0 aliphatic carbocycles. The normalized spacial score (nSPS) is 10.7. The number of carbonyl (C=O) groups excluding carboxylic acids is 2. The minimum atomic E-state index is -0.445. The van der Waals surface area contributed by atoms with Gasteiger partial charge in [-0.3, -0.25) is 25.1 Å². The molecule has 8 heteroatoms. The van der Waals surface area contributed by atoms with Crippen LogP contribution in [0.25, 0.3) is 10.6 Å². The highest BCUT2D eigenvalue weighted by Gasteiger charge is 2.20. The first-order valence-electron chi connectivity index (χ1n) is 8.92. The van der Waals surface area contributed by atoms with Gasteiger partial charge in [-0.15, -0.1) is 11.3 Å². The number of thiophene rings is 1. The lowest BCUT2D eigenvalue weighted by atomic mass is 10.2. The Morgan fingerprint density at radius 3 is 2.45 bits per heavy atom. The topological polar surface area (TPSA) is 89.2 Å². The Bertz CT molecular complexity index is 1130. The smallest absolute Gasteiger partial charge is 0.273 e. The predicted molar refractivity (Wildman–Crippen MR) is 109 cm³/mol. The highest BCUT2D eigenvalue weighted by atomic mass is 32.1. The van der Waals surface area contributed by atoms with E-state index in [1.54, 1.807) is 23.9 Å². The molecular formula is C21H18N4O3S. The first-order chi connectivity index (χ1) is 14.1. The van der Waals surface area contributed by atoms with Crippen LogP contribution in [0.4, 0.5) is 0 Å². The van der Waals surface area contributed by atoms with Crippen LogP contribution in [0.2, 0.25) is 0 Å². The standard InChI is InChI=1S/C21H18N4O3S/c1-14-16(9-10-28-14)20(26)22-23-21(27)17-13-25(12-15-6-3-2-4-7-15)24-19(17)18-8-5-11-29-18/h2-11,13H,12H2,1H3,(H,22,26)(H,23,27). The summed E-state index contributed by atoms with van der Waals surface area (Å²) in [6, 6.07) is 15.2. The van der Waals surface area contributed by atoms with E-state index in [0.29, 0.717) is 29.1 Å². The summed E-state index contributed by atoms with van der Waals surface area (Å²) in [7, 11) is 0. The van der Waals surface area contributed by atoms with Crippen molar-refractivity contribution in [3.63, 3.8) is 0 Å². The Morgan fingerprint density at radius 1 is 1.03 bits per heavy atom. The maximum Gasteiger partial charge on any atom is 0.273 e. The molecular weight excluding hydrogens is 388 g/mol. The second kappa shape index (κ2) is 8.15. The van der Waals surface area contributed by atoms with Gasteiger partial charge in [0, 0.05) is 6.20 Å². The van der Waals surface area contributed by atoms with Crippen molar-refractivity contribution in [1.82, 2.24) is 20.6 Å². The number of aryl methyl sites for hydroxylation is 1. The molecule has 0 aliphatic rings. The van der Waals surface area contributed by atoms with Gasteiger partial charge >= 0.3 is 0 Å². The molecule has 2 N–H and O–H groups in total. The molecule has 0 saturated heterocycles. The van der Waals surface area contributed by atoms with Crippen LogP contribution >= 0.6 is 11.3 Å².